The molecule has 1 aliphatic heterocycles. The van der Waals surface area contributed by atoms with Crippen LogP contribution < -0.4 is 0 Å². The topological polar surface area (TPSA) is 20.3 Å². The number of nitrogens with zero attached hydrogens (tertiary/aromatic N) is 1. The third-order valence-electron chi connectivity index (χ3n) is 3.86. The van der Waals surface area contributed by atoms with Crippen LogP contribution >= 0.6 is 12.6 Å². The van der Waals surface area contributed by atoms with Crippen LogP contribution in [0.5, 0.6) is 0 Å². The average Bonchev–Trinajstić information content (AvgIpc) is 2.66. The van der Waals surface area contributed by atoms with E-state index in [4.69, 9.17) is 0 Å². The molecule has 104 valence electrons. The Labute approximate surface area is 121 Å². The Morgan fingerprint density at radius 1 is 1.26 bits per heavy atom. The van der Waals surface area contributed by atoms with E-state index in [2.05, 4.69) is 64.6 Å². The van der Waals surface area contributed by atoms with Gasteiger partial charge in [0.05, 0.1) is 6.04 Å². The lowest BCUT2D eigenvalue weighted by atomic mass is 9.86. The number of hydrogen-bond donors (Lipinski definition) is 1. The average molecular weight is 277 g/mol. The molecule has 2 atom stereocenters. The summed E-state index contributed by atoms with van der Waals surface area (Å²) in [6, 6.07) is 8.77. The molecule has 1 aromatic carbocycles. The van der Waals surface area contributed by atoms with Crippen molar-refractivity contribution in [3.63, 3.8) is 0 Å². The summed E-state index contributed by atoms with van der Waals surface area (Å²) in [6.45, 7) is 9.47. The smallest absolute Gasteiger partial charge is 0.224 e. The summed E-state index contributed by atoms with van der Waals surface area (Å²) < 4.78 is 0. The van der Waals surface area contributed by atoms with Gasteiger partial charge in [0.2, 0.25) is 5.91 Å². The van der Waals surface area contributed by atoms with Gasteiger partial charge in [-0.3, -0.25) is 4.79 Å². The molecule has 0 spiro atoms. The highest BCUT2D eigenvalue weighted by molar-refractivity contribution is 7.81. The second-order valence-corrected chi connectivity index (χ2v) is 7.18. The van der Waals surface area contributed by atoms with E-state index >= 15 is 0 Å². The summed E-state index contributed by atoms with van der Waals surface area (Å²) in [4.78, 5) is 13.8. The van der Waals surface area contributed by atoms with E-state index < -0.39 is 0 Å². The van der Waals surface area contributed by atoms with Crippen LogP contribution in [0.4, 0.5) is 0 Å². The molecule has 0 N–H and O–H groups in total. The van der Waals surface area contributed by atoms with E-state index in [9.17, 15) is 4.79 Å². The molecule has 1 heterocycles. The third kappa shape index (κ3) is 3.14. The highest BCUT2D eigenvalue weighted by Gasteiger charge is 2.31. The lowest BCUT2D eigenvalue weighted by Gasteiger charge is -2.26. The maximum Gasteiger partial charge on any atom is 0.224 e. The SMILES string of the molecule is CC(c1ccc(C(C)(C)C)cc1)N1CC(S)CC1=O. The third-order valence-corrected chi connectivity index (χ3v) is 4.21. The molecule has 0 aliphatic carbocycles. The number of benzene rings is 1. The number of carbonyl (C=O) groups is 1. The van der Waals surface area contributed by atoms with Crippen molar-refractivity contribution in [2.24, 2.45) is 0 Å². The molecule has 1 amide bonds. The fourth-order valence-electron chi connectivity index (χ4n) is 2.53. The van der Waals surface area contributed by atoms with Crippen molar-refractivity contribution >= 4 is 18.5 Å². The van der Waals surface area contributed by atoms with Crippen molar-refractivity contribution in [3.05, 3.63) is 35.4 Å². The molecule has 2 unspecified atom stereocenters. The normalized spacial score (nSPS) is 21.8. The van der Waals surface area contributed by atoms with Crippen LogP contribution in [0.2, 0.25) is 0 Å². The molecule has 1 aliphatic rings. The first-order chi connectivity index (χ1) is 8.79. The van der Waals surface area contributed by atoms with E-state index in [1.807, 2.05) is 4.90 Å². The van der Waals surface area contributed by atoms with Crippen LogP contribution in [0.25, 0.3) is 0 Å². The molecular formula is C16H23NOS. The zero-order chi connectivity index (χ0) is 14.2. The fourth-order valence-corrected chi connectivity index (χ4v) is 2.86. The molecule has 2 rings (SSSR count). The van der Waals surface area contributed by atoms with Gasteiger partial charge in [0.25, 0.3) is 0 Å². The zero-order valence-corrected chi connectivity index (χ0v) is 13.1. The molecule has 0 aromatic heterocycles. The standard InChI is InChI=1S/C16H23NOS/c1-11(17-10-14(19)9-15(17)18)12-5-7-13(8-6-12)16(2,3)4/h5-8,11,14,19H,9-10H2,1-4H3. The summed E-state index contributed by atoms with van der Waals surface area (Å²) in [7, 11) is 0. The minimum Gasteiger partial charge on any atom is -0.335 e. The quantitative estimate of drug-likeness (QED) is 0.819. The minimum atomic E-state index is 0.138. The van der Waals surface area contributed by atoms with Crippen molar-refractivity contribution in [1.29, 1.82) is 0 Å². The number of likely N-dealkylation sites (tertiary alicyclic amines) is 1. The Morgan fingerprint density at radius 3 is 2.26 bits per heavy atom. The largest absolute Gasteiger partial charge is 0.335 e. The number of hydrogen-bond acceptors (Lipinski definition) is 2. The number of amides is 1. The van der Waals surface area contributed by atoms with E-state index in [0.717, 1.165) is 6.54 Å². The number of thiol groups is 1. The minimum absolute atomic E-state index is 0.138. The Balaban J connectivity index is 2.16. The van der Waals surface area contributed by atoms with Crippen molar-refractivity contribution in [3.8, 4) is 0 Å². The monoisotopic (exact) mass is 277 g/mol. The van der Waals surface area contributed by atoms with Gasteiger partial charge in [-0.05, 0) is 23.5 Å². The summed E-state index contributed by atoms with van der Waals surface area (Å²) in [6.07, 6.45) is 0.563. The lowest BCUT2D eigenvalue weighted by Crippen LogP contribution is -2.28. The van der Waals surface area contributed by atoms with Crippen LogP contribution in [-0.2, 0) is 10.2 Å². The van der Waals surface area contributed by atoms with Crippen LogP contribution in [0.15, 0.2) is 24.3 Å². The van der Waals surface area contributed by atoms with Gasteiger partial charge < -0.3 is 4.90 Å². The highest BCUT2D eigenvalue weighted by atomic mass is 32.1. The van der Waals surface area contributed by atoms with Crippen LogP contribution in [0.1, 0.15) is 51.3 Å². The molecule has 19 heavy (non-hydrogen) atoms. The van der Waals surface area contributed by atoms with Crippen molar-refractivity contribution in [2.75, 3.05) is 6.54 Å². The Morgan fingerprint density at radius 2 is 1.84 bits per heavy atom. The summed E-state index contributed by atoms with van der Waals surface area (Å²) in [5.74, 6) is 0.215. The predicted octanol–water partition coefficient (Wildman–Crippen LogP) is 3.58. The number of carbonyl (C=O) groups excluding carboxylic acids is 1. The molecular weight excluding hydrogens is 254 g/mol. The van der Waals surface area contributed by atoms with Gasteiger partial charge in [0, 0.05) is 18.2 Å². The molecule has 1 aromatic rings. The number of rotatable bonds is 2. The molecule has 0 bridgehead atoms. The summed E-state index contributed by atoms with van der Waals surface area (Å²) >= 11 is 4.41. The van der Waals surface area contributed by atoms with Gasteiger partial charge in [-0.25, -0.2) is 0 Å². The second kappa shape index (κ2) is 5.20. The first kappa shape index (κ1) is 14.4. The van der Waals surface area contributed by atoms with Crippen molar-refractivity contribution < 1.29 is 4.79 Å². The Bertz CT molecular complexity index is 461. The van der Waals surface area contributed by atoms with Gasteiger partial charge in [-0.15, -0.1) is 0 Å². The first-order valence-electron chi connectivity index (χ1n) is 6.87. The Kier molecular flexibility index (Phi) is 3.95. The summed E-state index contributed by atoms with van der Waals surface area (Å²) in [5.41, 5.74) is 2.69. The van der Waals surface area contributed by atoms with Crippen LogP contribution in [0, 0.1) is 0 Å². The Hall–Kier alpha value is -0.960. The van der Waals surface area contributed by atoms with E-state index in [1.54, 1.807) is 0 Å². The van der Waals surface area contributed by atoms with E-state index in [1.165, 1.54) is 11.1 Å². The maximum absolute atomic E-state index is 11.9. The van der Waals surface area contributed by atoms with Crippen LogP contribution in [0.3, 0.4) is 0 Å². The van der Waals surface area contributed by atoms with Crippen LogP contribution in [-0.4, -0.2) is 22.6 Å². The molecule has 3 heteroatoms. The predicted molar refractivity (Wildman–Crippen MR) is 82.7 cm³/mol. The van der Waals surface area contributed by atoms with Gasteiger partial charge in [0.1, 0.15) is 0 Å². The lowest BCUT2D eigenvalue weighted by molar-refractivity contribution is -0.129. The molecule has 1 fully saturated rings. The van der Waals surface area contributed by atoms with Gasteiger partial charge >= 0.3 is 0 Å². The van der Waals surface area contributed by atoms with Crippen molar-refractivity contribution in [2.45, 2.75) is 50.8 Å². The van der Waals surface area contributed by atoms with Crippen molar-refractivity contribution in [1.82, 2.24) is 4.90 Å². The first-order valence-corrected chi connectivity index (χ1v) is 7.38. The molecule has 2 nitrogen and oxygen atoms in total. The van der Waals surface area contributed by atoms with Gasteiger partial charge in [-0.1, -0.05) is 45.0 Å². The van der Waals surface area contributed by atoms with Gasteiger partial charge in [0.15, 0.2) is 0 Å². The van der Waals surface area contributed by atoms with Gasteiger partial charge in [-0.2, -0.15) is 12.6 Å². The highest BCUT2D eigenvalue weighted by Crippen LogP contribution is 2.29. The molecule has 0 saturated carbocycles. The maximum atomic E-state index is 11.9. The zero-order valence-electron chi connectivity index (χ0n) is 12.2. The molecule has 1 saturated heterocycles. The van der Waals surface area contributed by atoms with E-state index in [0.29, 0.717) is 6.42 Å². The van der Waals surface area contributed by atoms with E-state index in [-0.39, 0.29) is 22.6 Å². The summed E-state index contributed by atoms with van der Waals surface area (Å²) in [5, 5.41) is 0.184. The second-order valence-electron chi connectivity index (χ2n) is 6.45. The fraction of sp³-hybridized carbons (Fsp3) is 0.562. The molecule has 0 radical (unpaired) electrons.